The quantitative estimate of drug-likeness (QED) is 0.675. The van der Waals surface area contributed by atoms with Gasteiger partial charge in [0.15, 0.2) is 5.58 Å². The molecule has 2 N–H and O–H groups in total. The number of rotatable bonds is 4. The van der Waals surface area contributed by atoms with E-state index in [9.17, 15) is 4.79 Å². The summed E-state index contributed by atoms with van der Waals surface area (Å²) in [5.41, 5.74) is 3.30. The number of hydrogen-bond donors (Lipinski definition) is 2. The zero-order chi connectivity index (χ0) is 17.9. The van der Waals surface area contributed by atoms with Crippen molar-refractivity contribution < 1.29 is 9.21 Å². The molecule has 3 heterocycles. The first-order valence-corrected chi connectivity index (χ1v) is 9.80. The molecule has 1 aromatic carbocycles. The summed E-state index contributed by atoms with van der Waals surface area (Å²) in [6, 6.07) is 7.46. The van der Waals surface area contributed by atoms with Gasteiger partial charge in [-0.3, -0.25) is 5.10 Å². The topological polar surface area (TPSA) is 87.0 Å². The van der Waals surface area contributed by atoms with Crippen LogP contribution in [-0.4, -0.2) is 45.0 Å². The third-order valence-electron chi connectivity index (χ3n) is 4.56. The fourth-order valence-electron chi connectivity index (χ4n) is 3.28. The van der Waals surface area contributed by atoms with Crippen LogP contribution in [0.4, 0.5) is 10.5 Å². The molecule has 8 heteroatoms. The van der Waals surface area contributed by atoms with Crippen molar-refractivity contribution >= 4 is 34.6 Å². The molecule has 4 rings (SSSR count). The molecule has 1 saturated heterocycles. The van der Waals surface area contributed by atoms with E-state index in [1.54, 1.807) is 18.0 Å². The molecular weight excluding hydrogens is 350 g/mol. The lowest BCUT2D eigenvalue weighted by atomic mass is 9.95. The molecule has 0 radical (unpaired) electrons. The molecule has 7 nitrogen and oxygen atoms in total. The fourth-order valence-corrected chi connectivity index (χ4v) is 3.84. The van der Waals surface area contributed by atoms with E-state index in [0.717, 1.165) is 42.0 Å². The van der Waals surface area contributed by atoms with E-state index in [2.05, 4.69) is 27.4 Å². The van der Waals surface area contributed by atoms with Gasteiger partial charge < -0.3 is 14.6 Å². The number of nitrogens with one attached hydrogen (secondary N) is 2. The van der Waals surface area contributed by atoms with Gasteiger partial charge in [-0.1, -0.05) is 18.7 Å². The van der Waals surface area contributed by atoms with Crippen molar-refractivity contribution in [1.82, 2.24) is 20.1 Å². The summed E-state index contributed by atoms with van der Waals surface area (Å²) in [5, 5.41) is 10.7. The summed E-state index contributed by atoms with van der Waals surface area (Å²) < 4.78 is 5.72. The molecule has 2 amide bonds. The van der Waals surface area contributed by atoms with Crippen LogP contribution in [0.1, 0.15) is 31.4 Å². The Balaban J connectivity index is 1.44. The molecule has 1 fully saturated rings. The number of nitrogens with zero attached hydrogens (tertiary/aromatic N) is 3. The van der Waals surface area contributed by atoms with Crippen LogP contribution in [0.25, 0.3) is 11.1 Å². The third kappa shape index (κ3) is 3.55. The average Bonchev–Trinajstić information content (AvgIpc) is 3.31. The van der Waals surface area contributed by atoms with E-state index in [-0.39, 0.29) is 6.03 Å². The molecule has 0 saturated carbocycles. The van der Waals surface area contributed by atoms with Crippen molar-refractivity contribution in [2.24, 2.45) is 0 Å². The highest BCUT2D eigenvalue weighted by molar-refractivity contribution is 7.99. The van der Waals surface area contributed by atoms with E-state index in [4.69, 9.17) is 4.42 Å². The number of hydrogen-bond acceptors (Lipinski definition) is 5. The number of aromatic nitrogens is 3. The maximum atomic E-state index is 12.7. The molecule has 0 aliphatic carbocycles. The van der Waals surface area contributed by atoms with Crippen LogP contribution in [0.2, 0.25) is 0 Å². The molecule has 2 aromatic heterocycles. The molecular formula is C18H21N5O2S. The molecule has 1 aliphatic heterocycles. The number of likely N-dealkylation sites (tertiary alicyclic amines) is 1. The molecule has 1 unspecified atom stereocenters. The summed E-state index contributed by atoms with van der Waals surface area (Å²) in [5.74, 6) is 1.21. The van der Waals surface area contributed by atoms with E-state index < -0.39 is 0 Å². The van der Waals surface area contributed by atoms with Crippen LogP contribution in [0.15, 0.2) is 40.1 Å². The van der Waals surface area contributed by atoms with Gasteiger partial charge in [-0.25, -0.2) is 9.78 Å². The highest BCUT2D eigenvalue weighted by Gasteiger charge is 2.25. The molecule has 1 atom stereocenters. The normalized spacial score (nSPS) is 17.6. The molecule has 136 valence electrons. The Bertz CT molecular complexity index is 892. The maximum Gasteiger partial charge on any atom is 0.321 e. The molecule has 1 aliphatic rings. The number of carbonyl (C=O) groups is 1. The van der Waals surface area contributed by atoms with Crippen LogP contribution in [0.5, 0.6) is 0 Å². The predicted octanol–water partition coefficient (Wildman–Crippen LogP) is 4.07. The second-order valence-electron chi connectivity index (χ2n) is 6.32. The van der Waals surface area contributed by atoms with Crippen LogP contribution in [0.3, 0.4) is 0 Å². The first-order chi connectivity index (χ1) is 12.7. The van der Waals surface area contributed by atoms with E-state index in [1.165, 1.54) is 0 Å². The number of anilines is 1. The summed E-state index contributed by atoms with van der Waals surface area (Å²) in [4.78, 5) is 18.9. The predicted molar refractivity (Wildman–Crippen MR) is 102 cm³/mol. The number of oxazole rings is 1. The number of benzene rings is 1. The lowest BCUT2D eigenvalue weighted by Gasteiger charge is -2.32. The summed E-state index contributed by atoms with van der Waals surface area (Å²) in [6.07, 6.45) is 3.80. The van der Waals surface area contributed by atoms with Crippen LogP contribution < -0.4 is 5.32 Å². The van der Waals surface area contributed by atoms with Crippen molar-refractivity contribution in [3.8, 4) is 0 Å². The minimum atomic E-state index is -0.0868. The lowest BCUT2D eigenvalue weighted by molar-refractivity contribution is 0.192. The Morgan fingerprint density at radius 2 is 2.38 bits per heavy atom. The number of urea groups is 1. The van der Waals surface area contributed by atoms with Crippen molar-refractivity contribution in [2.45, 2.75) is 30.9 Å². The van der Waals surface area contributed by atoms with Gasteiger partial charge in [-0.15, -0.1) is 0 Å². The zero-order valence-electron chi connectivity index (χ0n) is 14.6. The SMILES string of the molecule is CCSc1nc2ccc(NC(=O)N3CCCC(c4ccn[nH]4)C3)cc2o1. The Hall–Kier alpha value is -2.48. The standard InChI is InChI=1S/C18H21N5O2S/c1-2-26-18-21-15-6-5-13(10-16(15)25-18)20-17(24)23-9-3-4-12(11-23)14-7-8-19-22-14/h5-8,10,12H,2-4,9,11H2,1H3,(H,19,22)(H,20,24). The fraction of sp³-hybridized carbons (Fsp3) is 0.389. The minimum absolute atomic E-state index is 0.0868. The van der Waals surface area contributed by atoms with Gasteiger partial charge in [0.2, 0.25) is 0 Å². The third-order valence-corrected chi connectivity index (χ3v) is 5.27. The molecule has 0 spiro atoms. The van der Waals surface area contributed by atoms with Crippen LogP contribution in [0, 0.1) is 0 Å². The number of piperidine rings is 1. The first kappa shape index (κ1) is 17.0. The molecule has 3 aromatic rings. The van der Waals surface area contributed by atoms with Gasteiger partial charge in [-0.05, 0) is 36.8 Å². The van der Waals surface area contributed by atoms with E-state index in [0.29, 0.717) is 23.3 Å². The van der Waals surface area contributed by atoms with Crippen LogP contribution >= 0.6 is 11.8 Å². The lowest BCUT2D eigenvalue weighted by Crippen LogP contribution is -2.41. The Morgan fingerprint density at radius 1 is 1.46 bits per heavy atom. The number of H-pyrrole nitrogens is 1. The number of fused-ring (bicyclic) bond motifs is 1. The average molecular weight is 371 g/mol. The highest BCUT2D eigenvalue weighted by Crippen LogP contribution is 2.27. The van der Waals surface area contributed by atoms with Gasteiger partial charge in [0, 0.05) is 42.7 Å². The molecule has 0 bridgehead atoms. The first-order valence-electron chi connectivity index (χ1n) is 8.81. The second-order valence-corrected chi connectivity index (χ2v) is 7.54. The Morgan fingerprint density at radius 3 is 3.19 bits per heavy atom. The Labute approximate surface area is 155 Å². The van der Waals surface area contributed by atoms with Gasteiger partial charge >= 0.3 is 6.03 Å². The summed E-state index contributed by atoms with van der Waals surface area (Å²) >= 11 is 1.56. The number of carbonyl (C=O) groups excluding carboxylic acids is 1. The summed E-state index contributed by atoms with van der Waals surface area (Å²) in [7, 11) is 0. The van der Waals surface area contributed by atoms with Gasteiger partial charge in [-0.2, -0.15) is 5.10 Å². The zero-order valence-corrected chi connectivity index (χ0v) is 15.4. The van der Waals surface area contributed by atoms with Crippen molar-refractivity contribution in [1.29, 1.82) is 0 Å². The summed E-state index contributed by atoms with van der Waals surface area (Å²) in [6.45, 7) is 3.51. The second kappa shape index (κ2) is 7.41. The minimum Gasteiger partial charge on any atom is -0.431 e. The van der Waals surface area contributed by atoms with Crippen LogP contribution in [-0.2, 0) is 0 Å². The van der Waals surface area contributed by atoms with Crippen molar-refractivity contribution in [3.63, 3.8) is 0 Å². The largest absolute Gasteiger partial charge is 0.431 e. The number of amides is 2. The van der Waals surface area contributed by atoms with E-state index in [1.807, 2.05) is 29.2 Å². The van der Waals surface area contributed by atoms with Gasteiger partial charge in [0.1, 0.15) is 5.52 Å². The number of thioether (sulfide) groups is 1. The maximum absolute atomic E-state index is 12.7. The van der Waals surface area contributed by atoms with E-state index >= 15 is 0 Å². The molecule has 26 heavy (non-hydrogen) atoms. The van der Waals surface area contributed by atoms with Gasteiger partial charge in [0.25, 0.3) is 5.22 Å². The van der Waals surface area contributed by atoms with Gasteiger partial charge in [0.05, 0.1) is 0 Å². The smallest absolute Gasteiger partial charge is 0.321 e. The highest BCUT2D eigenvalue weighted by atomic mass is 32.2. The monoisotopic (exact) mass is 371 g/mol. The van der Waals surface area contributed by atoms with Crippen molar-refractivity contribution in [2.75, 3.05) is 24.2 Å². The van der Waals surface area contributed by atoms with Crippen molar-refractivity contribution in [3.05, 3.63) is 36.2 Å². The number of aromatic amines is 1. The Kier molecular flexibility index (Phi) is 4.83.